The van der Waals surface area contributed by atoms with Crippen molar-refractivity contribution in [3.8, 4) is 5.75 Å². The fraction of sp³-hybridized carbons (Fsp3) is 0.222. The highest BCUT2D eigenvalue weighted by Crippen LogP contribution is 2.16. The van der Waals surface area contributed by atoms with E-state index in [0.717, 1.165) is 0 Å². The lowest BCUT2D eigenvalue weighted by Gasteiger charge is -2.08. The lowest BCUT2D eigenvalue weighted by atomic mass is 10.1. The Morgan fingerprint density at radius 1 is 1.57 bits per heavy atom. The monoisotopic (exact) mass is 217 g/mol. The summed E-state index contributed by atoms with van der Waals surface area (Å²) in [7, 11) is 1.27. The summed E-state index contributed by atoms with van der Waals surface area (Å²) in [6.45, 7) is 0. The Hall–Kier alpha value is -1.26. The van der Waals surface area contributed by atoms with Crippen LogP contribution in [0.15, 0.2) is 24.3 Å². The van der Waals surface area contributed by atoms with Gasteiger partial charge in [-0.3, -0.25) is 4.79 Å². The molecule has 0 aromatic heterocycles. The van der Waals surface area contributed by atoms with E-state index >= 15 is 0 Å². The summed E-state index contributed by atoms with van der Waals surface area (Å²) in [5, 5.41) is 9.11. The molecule has 0 spiro atoms. The molecule has 1 aromatic carbocycles. The van der Waals surface area contributed by atoms with E-state index < -0.39 is 12.0 Å². The van der Waals surface area contributed by atoms with E-state index in [2.05, 4.69) is 4.74 Å². The van der Waals surface area contributed by atoms with Gasteiger partial charge >= 0.3 is 5.97 Å². The third-order valence-corrected chi connectivity index (χ3v) is 1.68. The van der Waals surface area contributed by atoms with Crippen LogP contribution in [0, 0.1) is 0 Å². The van der Waals surface area contributed by atoms with Gasteiger partial charge in [0, 0.05) is 0 Å². The van der Waals surface area contributed by atoms with Crippen molar-refractivity contribution < 1.29 is 14.6 Å². The largest absolute Gasteiger partial charge is 0.508 e. The van der Waals surface area contributed by atoms with Gasteiger partial charge in [0.25, 0.3) is 0 Å². The van der Waals surface area contributed by atoms with E-state index in [1.54, 1.807) is 12.1 Å². The molecule has 0 saturated heterocycles. The molecule has 1 aromatic rings. The number of carbonyl (C=O) groups is 1. The minimum atomic E-state index is -0.836. The molecule has 0 amide bonds. The zero-order valence-electron chi connectivity index (χ0n) is 7.64. The maximum absolute atomic E-state index is 11.0. The van der Waals surface area contributed by atoms with Gasteiger partial charge in [-0.15, -0.1) is 12.4 Å². The molecule has 0 bridgehead atoms. The van der Waals surface area contributed by atoms with Crippen LogP contribution < -0.4 is 5.73 Å². The van der Waals surface area contributed by atoms with Crippen LogP contribution >= 0.6 is 12.4 Å². The number of carbonyl (C=O) groups excluding carboxylic acids is 1. The molecule has 0 saturated carbocycles. The number of halogens is 1. The van der Waals surface area contributed by atoms with Gasteiger partial charge in [0.05, 0.1) is 7.11 Å². The van der Waals surface area contributed by atoms with Crippen LogP contribution in [0.4, 0.5) is 0 Å². The lowest BCUT2D eigenvalue weighted by Crippen LogP contribution is -2.22. The Labute approximate surface area is 88.1 Å². The minimum Gasteiger partial charge on any atom is -0.508 e. The second-order valence-corrected chi connectivity index (χ2v) is 2.60. The van der Waals surface area contributed by atoms with Gasteiger partial charge in [0.1, 0.15) is 11.8 Å². The first-order valence-corrected chi connectivity index (χ1v) is 3.77. The van der Waals surface area contributed by atoms with Crippen LogP contribution in [0.3, 0.4) is 0 Å². The first kappa shape index (κ1) is 12.7. The maximum atomic E-state index is 11.0. The topological polar surface area (TPSA) is 72.5 Å². The third-order valence-electron chi connectivity index (χ3n) is 1.68. The zero-order valence-corrected chi connectivity index (χ0v) is 8.45. The number of aromatic hydroxyl groups is 1. The number of hydrogen-bond acceptors (Lipinski definition) is 4. The Balaban J connectivity index is 0.00000169. The number of rotatable bonds is 2. The van der Waals surface area contributed by atoms with E-state index in [0.29, 0.717) is 5.56 Å². The van der Waals surface area contributed by atoms with Gasteiger partial charge in [-0.25, -0.2) is 0 Å². The standard InChI is InChI=1S/C9H11NO3.ClH/c1-13-9(12)8(10)6-3-2-4-7(11)5-6;/h2-5,8,11H,10H2,1H3;1H. The highest BCUT2D eigenvalue weighted by molar-refractivity contribution is 5.85. The SMILES string of the molecule is COC(=O)C(N)c1cccc(O)c1.Cl. The van der Waals surface area contributed by atoms with Crippen molar-refractivity contribution in [2.45, 2.75) is 6.04 Å². The van der Waals surface area contributed by atoms with Crippen molar-refractivity contribution >= 4 is 18.4 Å². The van der Waals surface area contributed by atoms with Crippen LogP contribution in [0.2, 0.25) is 0 Å². The number of ether oxygens (including phenoxy) is 1. The fourth-order valence-electron chi connectivity index (χ4n) is 0.981. The van der Waals surface area contributed by atoms with Gasteiger partial charge in [-0.05, 0) is 17.7 Å². The Morgan fingerprint density at radius 3 is 2.71 bits per heavy atom. The summed E-state index contributed by atoms with van der Waals surface area (Å²) in [5.74, 6) is -0.442. The van der Waals surface area contributed by atoms with Crippen molar-refractivity contribution in [2.75, 3.05) is 7.11 Å². The van der Waals surface area contributed by atoms with E-state index in [9.17, 15) is 4.79 Å². The average Bonchev–Trinajstić information content (AvgIpc) is 2.15. The van der Waals surface area contributed by atoms with Gasteiger partial charge < -0.3 is 15.6 Å². The molecule has 4 nitrogen and oxygen atoms in total. The number of phenols is 1. The van der Waals surface area contributed by atoms with Crippen molar-refractivity contribution in [3.05, 3.63) is 29.8 Å². The number of hydrogen-bond donors (Lipinski definition) is 2. The van der Waals surface area contributed by atoms with Gasteiger partial charge in [0.15, 0.2) is 0 Å². The Bertz CT molecular complexity index is 317. The molecule has 1 unspecified atom stereocenters. The molecule has 0 aliphatic carbocycles. The molecule has 0 fully saturated rings. The highest BCUT2D eigenvalue weighted by Gasteiger charge is 2.15. The molecule has 78 valence electrons. The first-order valence-electron chi connectivity index (χ1n) is 3.77. The smallest absolute Gasteiger partial charge is 0.327 e. The summed E-state index contributed by atoms with van der Waals surface area (Å²) >= 11 is 0. The van der Waals surface area contributed by atoms with Crippen LogP contribution in [-0.4, -0.2) is 18.2 Å². The van der Waals surface area contributed by atoms with Gasteiger partial charge in [-0.2, -0.15) is 0 Å². The van der Waals surface area contributed by atoms with E-state index in [4.69, 9.17) is 10.8 Å². The maximum Gasteiger partial charge on any atom is 0.327 e. The normalized spacial score (nSPS) is 11.3. The molecule has 3 N–H and O–H groups in total. The molecule has 5 heteroatoms. The van der Waals surface area contributed by atoms with Crippen LogP contribution in [0.25, 0.3) is 0 Å². The number of phenolic OH excluding ortho intramolecular Hbond substituents is 1. The summed E-state index contributed by atoms with van der Waals surface area (Å²) in [4.78, 5) is 11.0. The van der Waals surface area contributed by atoms with Crippen LogP contribution in [0.5, 0.6) is 5.75 Å². The first-order chi connectivity index (χ1) is 6.15. The molecule has 0 radical (unpaired) electrons. The number of esters is 1. The quantitative estimate of drug-likeness (QED) is 0.725. The van der Waals surface area contributed by atoms with Crippen molar-refractivity contribution in [1.82, 2.24) is 0 Å². The molecular weight excluding hydrogens is 206 g/mol. The molecule has 0 aliphatic rings. The van der Waals surface area contributed by atoms with Gasteiger partial charge in [0.2, 0.25) is 0 Å². The minimum absolute atomic E-state index is 0. The van der Waals surface area contributed by atoms with E-state index in [1.165, 1.54) is 19.2 Å². The molecular formula is C9H12ClNO3. The molecule has 1 rings (SSSR count). The fourth-order valence-corrected chi connectivity index (χ4v) is 0.981. The van der Waals surface area contributed by atoms with Crippen molar-refractivity contribution in [3.63, 3.8) is 0 Å². The Morgan fingerprint density at radius 2 is 2.21 bits per heavy atom. The Kier molecular flexibility index (Phi) is 4.97. The summed E-state index contributed by atoms with van der Waals surface area (Å²) < 4.78 is 4.46. The molecule has 0 heterocycles. The van der Waals surface area contributed by atoms with E-state index in [-0.39, 0.29) is 18.2 Å². The number of nitrogens with two attached hydrogens (primary N) is 1. The van der Waals surface area contributed by atoms with Gasteiger partial charge in [-0.1, -0.05) is 12.1 Å². The average molecular weight is 218 g/mol. The van der Waals surface area contributed by atoms with Crippen molar-refractivity contribution in [2.24, 2.45) is 5.73 Å². The third kappa shape index (κ3) is 2.90. The summed E-state index contributed by atoms with van der Waals surface area (Å²) in [6, 6.07) is 5.38. The van der Waals surface area contributed by atoms with Crippen LogP contribution in [-0.2, 0) is 9.53 Å². The summed E-state index contributed by atoms with van der Waals surface area (Å²) in [5.41, 5.74) is 6.07. The summed E-state index contributed by atoms with van der Waals surface area (Å²) in [6.07, 6.45) is 0. The second kappa shape index (κ2) is 5.47. The van der Waals surface area contributed by atoms with E-state index in [1.807, 2.05) is 0 Å². The second-order valence-electron chi connectivity index (χ2n) is 2.60. The number of benzene rings is 1. The molecule has 1 atom stereocenters. The lowest BCUT2D eigenvalue weighted by molar-refractivity contribution is -0.142. The number of methoxy groups -OCH3 is 1. The zero-order chi connectivity index (χ0) is 9.84. The van der Waals surface area contributed by atoms with Crippen molar-refractivity contribution in [1.29, 1.82) is 0 Å². The highest BCUT2D eigenvalue weighted by atomic mass is 35.5. The molecule has 0 aliphatic heterocycles. The van der Waals surface area contributed by atoms with Crippen LogP contribution in [0.1, 0.15) is 11.6 Å². The molecule has 14 heavy (non-hydrogen) atoms. The predicted molar refractivity (Wildman–Crippen MR) is 54.3 cm³/mol. The predicted octanol–water partition coefficient (Wildman–Crippen LogP) is 0.987.